The van der Waals surface area contributed by atoms with E-state index in [0.29, 0.717) is 48.5 Å². The molecule has 0 fully saturated rings. The summed E-state index contributed by atoms with van der Waals surface area (Å²) in [6, 6.07) is 4.85. The van der Waals surface area contributed by atoms with Gasteiger partial charge in [-0.2, -0.15) is 43.2 Å². The number of hydrogen-bond donors (Lipinski definition) is 0. The molecule has 178 valence electrons. The van der Waals surface area contributed by atoms with Crippen LogP contribution in [-0.2, 0) is 41.0 Å². The van der Waals surface area contributed by atoms with Crippen molar-refractivity contribution < 1.29 is 51.5 Å². The van der Waals surface area contributed by atoms with Gasteiger partial charge in [-0.25, -0.2) is 0 Å². The van der Waals surface area contributed by atoms with Gasteiger partial charge in [-0.3, -0.25) is 8.37 Å². The fourth-order valence-electron chi connectivity index (χ4n) is 2.29. The maximum Gasteiger partial charge on any atom is 0.416 e. The van der Waals surface area contributed by atoms with Crippen LogP contribution in [0.3, 0.4) is 0 Å². The molecule has 0 bridgehead atoms. The highest BCUT2D eigenvalue weighted by Gasteiger charge is 2.33. The van der Waals surface area contributed by atoms with Gasteiger partial charge in [0.25, 0.3) is 20.2 Å². The van der Waals surface area contributed by atoms with Gasteiger partial charge in [-0.05, 0) is 62.4 Å². The minimum absolute atomic E-state index is 0.538. The Bertz CT molecular complexity index is 1040. The van der Waals surface area contributed by atoms with Crippen molar-refractivity contribution in [3.63, 3.8) is 0 Å². The van der Waals surface area contributed by atoms with Crippen molar-refractivity contribution in [2.45, 2.75) is 48.2 Å². The molecule has 2 aromatic rings. The second kappa shape index (κ2) is 9.00. The lowest BCUT2D eigenvalue weighted by molar-refractivity contribution is -0.138. The van der Waals surface area contributed by atoms with E-state index in [4.69, 9.17) is 8.37 Å². The van der Waals surface area contributed by atoms with Gasteiger partial charge in [0.15, 0.2) is 0 Å². The summed E-state index contributed by atoms with van der Waals surface area (Å²) < 4.78 is 134. The summed E-state index contributed by atoms with van der Waals surface area (Å²) in [4.78, 5) is -1.20. The van der Waals surface area contributed by atoms with Crippen LogP contribution in [0.2, 0.25) is 0 Å². The molecular weight excluding hydrogens is 490 g/mol. The largest absolute Gasteiger partial charge is 0.416 e. The van der Waals surface area contributed by atoms with Gasteiger partial charge in [-0.1, -0.05) is 0 Å². The maximum atomic E-state index is 12.6. The van der Waals surface area contributed by atoms with Gasteiger partial charge in [0.1, 0.15) is 12.2 Å². The summed E-state index contributed by atoms with van der Waals surface area (Å²) in [6.45, 7) is 2.27. The molecule has 0 heterocycles. The molecule has 0 amide bonds. The van der Waals surface area contributed by atoms with Crippen LogP contribution in [0.1, 0.15) is 25.0 Å². The molecular formula is C18H16F6O6S2. The van der Waals surface area contributed by atoms with Gasteiger partial charge in [-0.15, -0.1) is 0 Å². The predicted octanol–water partition coefficient (Wildman–Crippen LogP) is 4.61. The second-order valence-electron chi connectivity index (χ2n) is 6.56. The molecule has 0 N–H and O–H groups in total. The Morgan fingerprint density at radius 2 is 0.844 bits per heavy atom. The molecule has 0 radical (unpaired) electrons. The van der Waals surface area contributed by atoms with Gasteiger partial charge in [0, 0.05) is 0 Å². The van der Waals surface area contributed by atoms with Crippen molar-refractivity contribution in [3.8, 4) is 0 Å². The van der Waals surface area contributed by atoms with Crippen LogP contribution < -0.4 is 0 Å². The molecule has 2 unspecified atom stereocenters. The molecule has 0 saturated heterocycles. The molecule has 0 saturated carbocycles. The lowest BCUT2D eigenvalue weighted by Crippen LogP contribution is -2.31. The second-order valence-corrected chi connectivity index (χ2v) is 9.70. The predicted molar refractivity (Wildman–Crippen MR) is 98.4 cm³/mol. The average molecular weight is 506 g/mol. The van der Waals surface area contributed by atoms with Crippen molar-refractivity contribution >= 4 is 20.2 Å². The summed E-state index contributed by atoms with van der Waals surface area (Å²) in [6.07, 6.45) is -12.2. The third-order valence-electron chi connectivity index (χ3n) is 4.16. The number of rotatable bonds is 7. The number of hydrogen-bond acceptors (Lipinski definition) is 6. The Morgan fingerprint density at radius 3 is 1.06 bits per heavy atom. The molecule has 2 aromatic carbocycles. The van der Waals surface area contributed by atoms with Crippen LogP contribution in [0, 0.1) is 0 Å². The monoisotopic (exact) mass is 506 g/mol. The number of alkyl halides is 6. The quantitative estimate of drug-likeness (QED) is 0.403. The number of benzene rings is 2. The first-order chi connectivity index (χ1) is 14.4. The molecule has 2 atom stereocenters. The fourth-order valence-corrected chi connectivity index (χ4v) is 4.56. The van der Waals surface area contributed by atoms with Crippen LogP contribution in [-0.4, -0.2) is 29.0 Å². The molecule has 14 heteroatoms. The van der Waals surface area contributed by atoms with E-state index < -0.39 is 65.7 Å². The third-order valence-corrected chi connectivity index (χ3v) is 6.97. The summed E-state index contributed by atoms with van der Waals surface area (Å²) >= 11 is 0. The summed E-state index contributed by atoms with van der Waals surface area (Å²) in [5, 5.41) is 0. The van der Waals surface area contributed by atoms with E-state index in [1.54, 1.807) is 0 Å². The minimum atomic E-state index is -4.68. The first kappa shape index (κ1) is 26.1. The van der Waals surface area contributed by atoms with Gasteiger partial charge >= 0.3 is 12.4 Å². The smallest absolute Gasteiger partial charge is 0.261 e. The number of halogens is 6. The zero-order valence-electron chi connectivity index (χ0n) is 16.3. The highest BCUT2D eigenvalue weighted by molar-refractivity contribution is 7.87. The molecule has 0 aliphatic carbocycles. The molecule has 6 nitrogen and oxygen atoms in total. The van der Waals surface area contributed by atoms with Crippen LogP contribution in [0.5, 0.6) is 0 Å². The fraction of sp³-hybridized carbons (Fsp3) is 0.333. The van der Waals surface area contributed by atoms with Crippen LogP contribution >= 0.6 is 0 Å². The Labute approximate surface area is 180 Å². The van der Waals surface area contributed by atoms with Crippen molar-refractivity contribution in [2.75, 3.05) is 0 Å². The Kier molecular flexibility index (Phi) is 7.34. The Hall–Kier alpha value is -2.16. The van der Waals surface area contributed by atoms with Crippen molar-refractivity contribution in [1.82, 2.24) is 0 Å². The van der Waals surface area contributed by atoms with E-state index in [-0.39, 0.29) is 0 Å². The summed E-state index contributed by atoms with van der Waals surface area (Å²) in [7, 11) is -9.15. The topological polar surface area (TPSA) is 86.7 Å². The van der Waals surface area contributed by atoms with Gasteiger partial charge in [0.2, 0.25) is 0 Å². The highest BCUT2D eigenvalue weighted by Crippen LogP contribution is 2.31. The lowest BCUT2D eigenvalue weighted by Gasteiger charge is -2.20. The summed E-state index contributed by atoms with van der Waals surface area (Å²) in [5.41, 5.74) is -2.16. The first-order valence-corrected chi connectivity index (χ1v) is 11.5. The zero-order valence-corrected chi connectivity index (χ0v) is 17.9. The molecule has 0 aromatic heterocycles. The van der Waals surface area contributed by atoms with E-state index >= 15 is 0 Å². The molecule has 2 rings (SSSR count). The lowest BCUT2D eigenvalue weighted by atomic mass is 10.2. The zero-order chi connectivity index (χ0) is 24.5. The Morgan fingerprint density at radius 1 is 0.594 bits per heavy atom. The van der Waals surface area contributed by atoms with Crippen LogP contribution in [0.4, 0.5) is 26.3 Å². The van der Waals surface area contributed by atoms with Crippen LogP contribution in [0.25, 0.3) is 0 Å². The van der Waals surface area contributed by atoms with E-state index in [2.05, 4.69) is 0 Å². The van der Waals surface area contributed by atoms with Gasteiger partial charge < -0.3 is 0 Å². The standard InChI is InChI=1S/C18H16F6O6S2/c1-11(29-31(25,26)15-7-3-13(4-8-15)17(19,20)21)12(2)30-32(27,28)16-9-5-14(6-10-16)18(22,23)24/h3-12H,1-2H3. The normalized spacial score (nSPS) is 15.4. The summed E-state index contributed by atoms with van der Waals surface area (Å²) in [5.74, 6) is 0. The first-order valence-electron chi connectivity index (χ1n) is 8.64. The third kappa shape index (κ3) is 6.43. The SMILES string of the molecule is CC(OS(=O)(=O)c1ccc(C(F)(F)F)cc1)C(C)OS(=O)(=O)c1ccc(C(F)(F)F)cc1. The molecule has 0 spiro atoms. The molecule has 32 heavy (non-hydrogen) atoms. The Balaban J connectivity index is 2.12. The van der Waals surface area contributed by atoms with E-state index in [1.807, 2.05) is 0 Å². The molecule has 0 aliphatic heterocycles. The van der Waals surface area contributed by atoms with Gasteiger partial charge in [0.05, 0.1) is 20.9 Å². The average Bonchev–Trinajstić information content (AvgIpc) is 2.66. The van der Waals surface area contributed by atoms with E-state index in [1.165, 1.54) is 0 Å². The van der Waals surface area contributed by atoms with Crippen molar-refractivity contribution in [1.29, 1.82) is 0 Å². The maximum absolute atomic E-state index is 12.6. The van der Waals surface area contributed by atoms with E-state index in [9.17, 15) is 43.2 Å². The van der Waals surface area contributed by atoms with Crippen molar-refractivity contribution in [2.24, 2.45) is 0 Å². The highest BCUT2D eigenvalue weighted by atomic mass is 32.2. The minimum Gasteiger partial charge on any atom is -0.261 e. The molecule has 0 aliphatic rings. The van der Waals surface area contributed by atoms with Crippen molar-refractivity contribution in [3.05, 3.63) is 59.7 Å². The van der Waals surface area contributed by atoms with Crippen LogP contribution in [0.15, 0.2) is 58.3 Å². The van der Waals surface area contributed by atoms with E-state index in [0.717, 1.165) is 13.8 Å².